The highest BCUT2D eigenvalue weighted by Gasteiger charge is 2.53. The second-order valence-electron chi connectivity index (χ2n) is 7.55. The fraction of sp³-hybridized carbons (Fsp3) is 0.391. The summed E-state index contributed by atoms with van der Waals surface area (Å²) in [6.45, 7) is 0.818. The lowest BCUT2D eigenvalue weighted by atomic mass is 9.72. The molecule has 0 saturated carbocycles. The second-order valence-corrected chi connectivity index (χ2v) is 7.55. The first kappa shape index (κ1) is 19.6. The van der Waals surface area contributed by atoms with Crippen LogP contribution in [0.4, 0.5) is 4.39 Å². The van der Waals surface area contributed by atoms with E-state index in [1.165, 1.54) is 11.0 Å². The maximum atomic E-state index is 14.5. The van der Waals surface area contributed by atoms with Gasteiger partial charge in [0, 0.05) is 30.6 Å². The quantitative estimate of drug-likeness (QED) is 0.865. The molecule has 4 rings (SSSR count). The van der Waals surface area contributed by atoms with Gasteiger partial charge in [-0.05, 0) is 30.0 Å². The van der Waals surface area contributed by atoms with E-state index < -0.39 is 12.1 Å². The molecule has 1 N–H and O–H groups in total. The maximum Gasteiger partial charge on any atom is 0.227 e. The molecule has 2 heterocycles. The van der Waals surface area contributed by atoms with Crippen LogP contribution < -0.4 is 0 Å². The van der Waals surface area contributed by atoms with Gasteiger partial charge in [0.1, 0.15) is 11.9 Å². The lowest BCUT2D eigenvalue weighted by molar-refractivity contribution is -0.154. The van der Waals surface area contributed by atoms with Gasteiger partial charge in [0.25, 0.3) is 0 Å². The number of carbonyl (C=O) groups excluding carboxylic acids is 1. The van der Waals surface area contributed by atoms with Crippen molar-refractivity contribution >= 4 is 5.91 Å². The van der Waals surface area contributed by atoms with Crippen LogP contribution in [0.2, 0.25) is 0 Å². The fourth-order valence-electron chi connectivity index (χ4n) is 4.55. The Balaban J connectivity index is 1.69. The second kappa shape index (κ2) is 8.32. The Hall–Kier alpha value is -2.75. The number of nitriles is 1. The SMILES string of the molecule is N#C[C@H]1[C@H](c2ccccc2-c2ccccc2F)[C@@H](CO)N1C(=O)C1CCOCC1. The van der Waals surface area contributed by atoms with Crippen LogP contribution >= 0.6 is 0 Å². The van der Waals surface area contributed by atoms with E-state index in [9.17, 15) is 19.6 Å². The molecule has 0 radical (unpaired) electrons. The van der Waals surface area contributed by atoms with Gasteiger partial charge >= 0.3 is 0 Å². The van der Waals surface area contributed by atoms with Crippen molar-refractivity contribution in [1.82, 2.24) is 4.90 Å². The van der Waals surface area contributed by atoms with Crippen LogP contribution in [0.5, 0.6) is 0 Å². The molecule has 5 nitrogen and oxygen atoms in total. The summed E-state index contributed by atoms with van der Waals surface area (Å²) >= 11 is 0. The average molecular weight is 394 g/mol. The minimum atomic E-state index is -0.685. The highest BCUT2D eigenvalue weighted by atomic mass is 19.1. The third-order valence-corrected chi connectivity index (χ3v) is 6.04. The number of likely N-dealkylation sites (tertiary alicyclic amines) is 1. The lowest BCUT2D eigenvalue weighted by Gasteiger charge is -2.53. The number of amides is 1. The van der Waals surface area contributed by atoms with Crippen LogP contribution in [0, 0.1) is 23.1 Å². The van der Waals surface area contributed by atoms with E-state index in [4.69, 9.17) is 4.74 Å². The molecule has 2 saturated heterocycles. The standard InChI is InChI=1S/C23H23FN2O3/c24-19-8-4-3-6-17(19)16-5-1-2-7-18(16)22-20(13-25)26(21(22)14-27)23(28)15-9-11-29-12-10-15/h1-8,15,20-22,27H,9-12,14H2/t20-,21+,22-/m0/s1. The molecule has 2 aromatic carbocycles. The van der Waals surface area contributed by atoms with Gasteiger partial charge in [-0.2, -0.15) is 5.26 Å². The Bertz CT molecular complexity index is 936. The summed E-state index contributed by atoms with van der Waals surface area (Å²) in [5.74, 6) is -0.997. The van der Waals surface area contributed by atoms with Crippen molar-refractivity contribution in [3.8, 4) is 17.2 Å². The molecule has 2 aromatic rings. The van der Waals surface area contributed by atoms with E-state index in [0.717, 1.165) is 5.56 Å². The molecule has 2 aliphatic heterocycles. The molecular weight excluding hydrogens is 371 g/mol. The summed E-state index contributed by atoms with van der Waals surface area (Å²) in [7, 11) is 0. The molecule has 0 aliphatic carbocycles. The van der Waals surface area contributed by atoms with Crippen molar-refractivity contribution in [2.75, 3.05) is 19.8 Å². The topological polar surface area (TPSA) is 73.6 Å². The molecule has 2 aliphatic rings. The number of nitrogens with zero attached hydrogens (tertiary/aromatic N) is 2. The minimum absolute atomic E-state index is 0.0986. The molecule has 1 amide bonds. The predicted octanol–water partition coefficient (Wildman–Crippen LogP) is 3.10. The van der Waals surface area contributed by atoms with Crippen LogP contribution in [0.3, 0.4) is 0 Å². The third-order valence-electron chi connectivity index (χ3n) is 6.04. The predicted molar refractivity (Wildman–Crippen MR) is 105 cm³/mol. The number of hydrogen-bond acceptors (Lipinski definition) is 4. The largest absolute Gasteiger partial charge is 0.394 e. The Kier molecular flexibility index (Phi) is 5.61. The molecular formula is C23H23FN2O3. The molecule has 150 valence electrons. The van der Waals surface area contributed by atoms with Crippen molar-refractivity contribution in [2.24, 2.45) is 5.92 Å². The molecule has 0 bridgehead atoms. The summed E-state index contributed by atoms with van der Waals surface area (Å²) in [5.41, 5.74) is 1.91. The Labute approximate surface area is 169 Å². The molecule has 2 fully saturated rings. The van der Waals surface area contributed by atoms with E-state index >= 15 is 0 Å². The Morgan fingerprint density at radius 1 is 1.14 bits per heavy atom. The number of rotatable bonds is 4. The summed E-state index contributed by atoms with van der Waals surface area (Å²) in [5, 5.41) is 19.9. The van der Waals surface area contributed by atoms with Gasteiger partial charge in [-0.15, -0.1) is 0 Å². The number of halogens is 1. The maximum absolute atomic E-state index is 14.5. The van der Waals surface area contributed by atoms with Gasteiger partial charge in [-0.3, -0.25) is 4.79 Å². The van der Waals surface area contributed by atoms with Gasteiger partial charge in [0.15, 0.2) is 0 Å². The zero-order chi connectivity index (χ0) is 20.4. The van der Waals surface area contributed by atoms with Crippen molar-refractivity contribution in [3.05, 3.63) is 59.9 Å². The first-order chi connectivity index (χ1) is 14.2. The molecule has 3 atom stereocenters. The number of ether oxygens (including phenoxy) is 1. The molecule has 6 heteroatoms. The van der Waals surface area contributed by atoms with Gasteiger partial charge < -0.3 is 14.7 Å². The average Bonchev–Trinajstić information content (AvgIpc) is 2.75. The first-order valence-corrected chi connectivity index (χ1v) is 9.91. The van der Waals surface area contributed by atoms with Crippen LogP contribution in [0.25, 0.3) is 11.1 Å². The monoisotopic (exact) mass is 394 g/mol. The molecule has 0 spiro atoms. The highest BCUT2D eigenvalue weighted by molar-refractivity contribution is 5.82. The Morgan fingerprint density at radius 2 is 1.79 bits per heavy atom. The van der Waals surface area contributed by atoms with Gasteiger partial charge in [-0.1, -0.05) is 42.5 Å². The van der Waals surface area contributed by atoms with Crippen molar-refractivity contribution in [3.63, 3.8) is 0 Å². The number of aliphatic hydroxyl groups is 1. The van der Waals surface area contributed by atoms with E-state index in [2.05, 4.69) is 6.07 Å². The zero-order valence-corrected chi connectivity index (χ0v) is 16.0. The Morgan fingerprint density at radius 3 is 2.45 bits per heavy atom. The van der Waals surface area contributed by atoms with Crippen LogP contribution in [0.15, 0.2) is 48.5 Å². The van der Waals surface area contributed by atoms with Gasteiger partial charge in [0.05, 0.1) is 18.7 Å². The summed E-state index contributed by atoms with van der Waals surface area (Å²) in [6, 6.07) is 14.9. The minimum Gasteiger partial charge on any atom is -0.394 e. The van der Waals surface area contributed by atoms with Gasteiger partial charge in [0.2, 0.25) is 5.91 Å². The van der Waals surface area contributed by atoms with Crippen molar-refractivity contribution < 1.29 is 19.0 Å². The zero-order valence-electron chi connectivity index (χ0n) is 16.0. The number of hydrogen-bond donors (Lipinski definition) is 1. The van der Waals surface area contributed by atoms with E-state index in [1.807, 2.05) is 24.3 Å². The lowest BCUT2D eigenvalue weighted by Crippen LogP contribution is -2.66. The normalized spacial score (nSPS) is 24.6. The van der Waals surface area contributed by atoms with E-state index in [1.54, 1.807) is 18.2 Å². The van der Waals surface area contributed by atoms with E-state index in [-0.39, 0.29) is 30.2 Å². The molecule has 0 aromatic heterocycles. The van der Waals surface area contributed by atoms with Gasteiger partial charge in [-0.25, -0.2) is 4.39 Å². The number of aliphatic hydroxyl groups excluding tert-OH is 1. The number of carbonyl (C=O) groups is 1. The van der Waals surface area contributed by atoms with Crippen molar-refractivity contribution in [2.45, 2.75) is 30.8 Å². The summed E-state index contributed by atoms with van der Waals surface area (Å²) < 4.78 is 19.8. The highest BCUT2D eigenvalue weighted by Crippen LogP contribution is 2.45. The summed E-state index contributed by atoms with van der Waals surface area (Å²) in [4.78, 5) is 14.6. The number of benzene rings is 2. The molecule has 0 unspecified atom stereocenters. The molecule has 29 heavy (non-hydrogen) atoms. The third kappa shape index (κ3) is 3.41. The first-order valence-electron chi connectivity index (χ1n) is 9.91. The smallest absolute Gasteiger partial charge is 0.227 e. The van der Waals surface area contributed by atoms with Crippen LogP contribution in [-0.4, -0.2) is 47.8 Å². The fourth-order valence-corrected chi connectivity index (χ4v) is 4.55. The summed E-state index contributed by atoms with van der Waals surface area (Å²) in [6.07, 6.45) is 1.25. The van der Waals surface area contributed by atoms with Crippen LogP contribution in [0.1, 0.15) is 24.3 Å². The van der Waals surface area contributed by atoms with E-state index in [0.29, 0.717) is 37.2 Å². The van der Waals surface area contributed by atoms with Crippen LogP contribution in [-0.2, 0) is 9.53 Å². The van der Waals surface area contributed by atoms with Crippen molar-refractivity contribution in [1.29, 1.82) is 5.26 Å².